The van der Waals surface area contributed by atoms with E-state index in [-0.39, 0.29) is 17.3 Å². The molecule has 4 heterocycles. The van der Waals surface area contributed by atoms with Gasteiger partial charge in [-0.15, -0.1) is 0 Å². The molecule has 4 N–H and O–H groups in total. The second-order valence-electron chi connectivity index (χ2n) is 9.19. The molecular weight excluding hydrogens is 488 g/mol. The number of para-hydroxylation sites is 2. The molecule has 0 bridgehead atoms. The molecule has 0 saturated heterocycles. The van der Waals surface area contributed by atoms with Gasteiger partial charge in [-0.2, -0.15) is 9.67 Å². The number of pyridine rings is 2. The zero-order valence-electron chi connectivity index (χ0n) is 21.4. The van der Waals surface area contributed by atoms with Crippen LogP contribution in [0.15, 0.2) is 85.5 Å². The number of carbonyl (C=O) groups excluding carboxylic acids is 1. The predicted molar refractivity (Wildman–Crippen MR) is 149 cm³/mol. The Balaban J connectivity index is 1.46. The topological polar surface area (TPSA) is 118 Å². The molecule has 0 fully saturated rings. The molecule has 0 radical (unpaired) electrons. The number of imidazole rings is 1. The molecule has 4 aromatic heterocycles. The van der Waals surface area contributed by atoms with Crippen molar-refractivity contribution in [3.8, 4) is 17.5 Å². The minimum Gasteiger partial charge on any atom is -0.383 e. The van der Waals surface area contributed by atoms with Crippen LogP contribution in [0.2, 0.25) is 0 Å². The SMILES string of the molecule is C[C@H](NC(=O)c1c(N)ncc2cccnc12)c1[nH]c2cccc(C#Cc3cnn(C)c3)c2[n+]1-c1ccccc1. The molecule has 0 spiro atoms. The molecule has 1 atom stereocenters. The standard InChI is InChI=1S/C30H24N8O/c1-19(35-30(39)25-26-22(9-7-15-32-26)17-33-28(25)31)29-36-24-12-6-8-21(14-13-20-16-34-37(2)18-20)27(24)38(29)23-10-4-3-5-11-23/h3-12,15-19H,1-2H3,(H3,31,32,33,35,39)/p+1/t19-/m0/s1. The van der Waals surface area contributed by atoms with Crippen molar-refractivity contribution in [3.63, 3.8) is 0 Å². The minimum atomic E-state index is -0.428. The third kappa shape index (κ3) is 4.45. The number of benzene rings is 2. The van der Waals surface area contributed by atoms with Crippen LogP contribution in [0.25, 0.3) is 27.6 Å². The zero-order valence-corrected chi connectivity index (χ0v) is 21.4. The molecular formula is C30H25N8O+. The highest BCUT2D eigenvalue weighted by atomic mass is 16.1. The van der Waals surface area contributed by atoms with Crippen molar-refractivity contribution in [2.45, 2.75) is 13.0 Å². The van der Waals surface area contributed by atoms with Crippen LogP contribution in [0.5, 0.6) is 0 Å². The number of H-pyrrole nitrogens is 1. The first-order valence-electron chi connectivity index (χ1n) is 12.4. The van der Waals surface area contributed by atoms with E-state index in [1.807, 2.05) is 74.8 Å². The number of anilines is 1. The largest absolute Gasteiger partial charge is 0.383 e. The maximum Gasteiger partial charge on any atom is 0.283 e. The fourth-order valence-corrected chi connectivity index (χ4v) is 4.69. The number of hydrogen-bond donors (Lipinski definition) is 3. The van der Waals surface area contributed by atoms with Crippen molar-refractivity contribution in [1.29, 1.82) is 0 Å². The molecule has 0 saturated carbocycles. The van der Waals surface area contributed by atoms with Gasteiger partial charge in [0.05, 0.1) is 22.8 Å². The second-order valence-corrected chi connectivity index (χ2v) is 9.19. The summed E-state index contributed by atoms with van der Waals surface area (Å²) in [6.07, 6.45) is 6.87. The van der Waals surface area contributed by atoms with Crippen molar-refractivity contribution in [2.75, 3.05) is 5.73 Å². The molecule has 9 heteroatoms. The molecule has 0 aliphatic rings. The summed E-state index contributed by atoms with van der Waals surface area (Å²) < 4.78 is 3.82. The Bertz CT molecular complexity index is 1910. The van der Waals surface area contributed by atoms with Crippen molar-refractivity contribution < 1.29 is 9.36 Å². The Kier molecular flexibility index (Phi) is 5.98. The van der Waals surface area contributed by atoms with Gasteiger partial charge in [0.25, 0.3) is 11.7 Å². The lowest BCUT2D eigenvalue weighted by Crippen LogP contribution is -2.40. The number of nitrogens with two attached hydrogens (primary N) is 1. The van der Waals surface area contributed by atoms with E-state index in [2.05, 4.69) is 41.8 Å². The molecule has 2 aromatic carbocycles. The fourth-order valence-electron chi connectivity index (χ4n) is 4.69. The molecule has 6 rings (SSSR count). The summed E-state index contributed by atoms with van der Waals surface area (Å²) >= 11 is 0. The number of amides is 1. The molecule has 9 nitrogen and oxygen atoms in total. The lowest BCUT2D eigenvalue weighted by atomic mass is 10.1. The number of hydrogen-bond acceptors (Lipinski definition) is 5. The first kappa shape index (κ1) is 23.9. The number of fused-ring (bicyclic) bond motifs is 2. The van der Waals surface area contributed by atoms with Crippen LogP contribution in [0.4, 0.5) is 5.82 Å². The molecule has 190 valence electrons. The van der Waals surface area contributed by atoms with Crippen LogP contribution in [-0.4, -0.2) is 30.6 Å². The smallest absolute Gasteiger partial charge is 0.283 e. The Morgan fingerprint density at radius 1 is 1.05 bits per heavy atom. The Morgan fingerprint density at radius 2 is 1.90 bits per heavy atom. The van der Waals surface area contributed by atoms with Crippen LogP contribution in [0.1, 0.15) is 40.3 Å². The maximum absolute atomic E-state index is 13.5. The zero-order chi connectivity index (χ0) is 26.9. The minimum absolute atomic E-state index is 0.131. The Labute approximate surface area is 224 Å². The van der Waals surface area contributed by atoms with Crippen LogP contribution in [-0.2, 0) is 7.05 Å². The van der Waals surface area contributed by atoms with Crippen LogP contribution in [0, 0.1) is 11.8 Å². The van der Waals surface area contributed by atoms with Gasteiger partial charge in [-0.05, 0) is 43.3 Å². The summed E-state index contributed by atoms with van der Waals surface area (Å²) in [6, 6.07) is 19.1. The number of aromatic amines is 1. The van der Waals surface area contributed by atoms with Gasteiger partial charge in [-0.1, -0.05) is 36.1 Å². The van der Waals surface area contributed by atoms with E-state index in [9.17, 15) is 4.79 Å². The highest BCUT2D eigenvalue weighted by Crippen LogP contribution is 2.23. The Hall–Kier alpha value is -5.49. The monoisotopic (exact) mass is 513 g/mol. The van der Waals surface area contributed by atoms with E-state index in [4.69, 9.17) is 5.73 Å². The molecule has 1 amide bonds. The highest BCUT2D eigenvalue weighted by Gasteiger charge is 2.29. The number of nitrogens with zero attached hydrogens (tertiary/aromatic N) is 5. The third-order valence-corrected chi connectivity index (χ3v) is 6.48. The number of aryl methyl sites for hydroxylation is 1. The van der Waals surface area contributed by atoms with Crippen molar-refractivity contribution in [2.24, 2.45) is 7.05 Å². The summed E-state index contributed by atoms with van der Waals surface area (Å²) in [6.45, 7) is 1.92. The van der Waals surface area contributed by atoms with E-state index in [0.29, 0.717) is 5.52 Å². The molecule has 0 aliphatic carbocycles. The average molecular weight is 514 g/mol. The van der Waals surface area contributed by atoms with Gasteiger partial charge in [0.15, 0.2) is 11.0 Å². The van der Waals surface area contributed by atoms with E-state index < -0.39 is 6.04 Å². The second kappa shape index (κ2) is 9.76. The average Bonchev–Trinajstić information content (AvgIpc) is 3.56. The molecule has 0 unspecified atom stereocenters. The van der Waals surface area contributed by atoms with Gasteiger partial charge in [0, 0.05) is 31.0 Å². The lowest BCUT2D eigenvalue weighted by Gasteiger charge is -2.13. The summed E-state index contributed by atoms with van der Waals surface area (Å²) in [5.74, 6) is 7.07. The summed E-state index contributed by atoms with van der Waals surface area (Å²) in [4.78, 5) is 25.6. The summed E-state index contributed by atoms with van der Waals surface area (Å²) in [5, 5.41) is 8.05. The van der Waals surface area contributed by atoms with E-state index in [1.165, 1.54) is 0 Å². The van der Waals surface area contributed by atoms with E-state index >= 15 is 0 Å². The van der Waals surface area contributed by atoms with E-state index in [0.717, 1.165) is 39.1 Å². The normalized spacial score (nSPS) is 11.7. The predicted octanol–water partition coefficient (Wildman–Crippen LogP) is 3.59. The van der Waals surface area contributed by atoms with Crippen LogP contribution in [0.3, 0.4) is 0 Å². The van der Waals surface area contributed by atoms with E-state index in [1.54, 1.807) is 29.3 Å². The molecule has 0 aliphatic heterocycles. The highest BCUT2D eigenvalue weighted by molar-refractivity contribution is 6.09. The number of rotatable bonds is 4. The summed E-state index contributed by atoms with van der Waals surface area (Å²) in [7, 11) is 1.86. The maximum atomic E-state index is 13.5. The first-order chi connectivity index (χ1) is 19.0. The fraction of sp³-hybridized carbons (Fsp3) is 0.100. The van der Waals surface area contributed by atoms with Gasteiger partial charge in [-0.25, -0.2) is 9.97 Å². The van der Waals surface area contributed by atoms with Crippen LogP contribution >= 0.6 is 0 Å². The number of nitrogen functional groups attached to an aromatic ring is 1. The number of nitrogens with one attached hydrogen (secondary N) is 2. The number of aromatic nitrogens is 6. The number of carbonyl (C=O) groups is 1. The first-order valence-corrected chi connectivity index (χ1v) is 12.4. The van der Waals surface area contributed by atoms with Gasteiger partial charge < -0.3 is 11.1 Å². The van der Waals surface area contributed by atoms with Gasteiger partial charge >= 0.3 is 0 Å². The quantitative estimate of drug-likeness (QED) is 0.246. The van der Waals surface area contributed by atoms with Crippen LogP contribution < -0.4 is 15.6 Å². The van der Waals surface area contributed by atoms with Gasteiger partial charge in [-0.3, -0.25) is 14.5 Å². The molecule has 39 heavy (non-hydrogen) atoms. The Morgan fingerprint density at radius 3 is 2.69 bits per heavy atom. The van der Waals surface area contributed by atoms with Crippen molar-refractivity contribution in [1.82, 2.24) is 30.0 Å². The van der Waals surface area contributed by atoms with Gasteiger partial charge in [0.1, 0.15) is 23.1 Å². The third-order valence-electron chi connectivity index (χ3n) is 6.48. The van der Waals surface area contributed by atoms with Crippen molar-refractivity contribution >= 4 is 33.7 Å². The van der Waals surface area contributed by atoms with Crippen molar-refractivity contribution in [3.05, 3.63) is 108 Å². The molecule has 6 aromatic rings. The summed E-state index contributed by atoms with van der Waals surface area (Å²) in [5.41, 5.74) is 11.3. The lowest BCUT2D eigenvalue weighted by molar-refractivity contribution is -0.578. The van der Waals surface area contributed by atoms with Gasteiger partial charge in [0.2, 0.25) is 0 Å².